The lowest BCUT2D eigenvalue weighted by atomic mass is 9.96. The molecule has 2 heterocycles. The van der Waals surface area contributed by atoms with E-state index in [4.69, 9.17) is 4.52 Å². The highest BCUT2D eigenvalue weighted by Crippen LogP contribution is 2.22. The Hall–Kier alpha value is -2.99. The van der Waals surface area contributed by atoms with Gasteiger partial charge < -0.3 is 9.84 Å². The molecule has 6 nitrogen and oxygen atoms in total. The van der Waals surface area contributed by atoms with Gasteiger partial charge in [0, 0.05) is 18.0 Å². The lowest BCUT2D eigenvalue weighted by molar-refractivity contribution is -0.126. The average molecular weight is 433 g/mol. The Morgan fingerprint density at radius 3 is 2.72 bits per heavy atom. The minimum Gasteiger partial charge on any atom is -0.356 e. The van der Waals surface area contributed by atoms with E-state index in [2.05, 4.69) is 51.5 Å². The predicted octanol–water partition coefficient (Wildman–Crippen LogP) is 4.31. The number of piperidine rings is 1. The number of aromatic nitrogens is 2. The molecule has 1 saturated heterocycles. The van der Waals surface area contributed by atoms with Crippen molar-refractivity contribution >= 4 is 5.91 Å². The summed E-state index contributed by atoms with van der Waals surface area (Å²) in [4.78, 5) is 19.4. The van der Waals surface area contributed by atoms with E-state index in [0.717, 1.165) is 56.4 Å². The number of benzene rings is 2. The Bertz CT molecular complexity index is 1040. The van der Waals surface area contributed by atoms with Gasteiger partial charge in [-0.05, 0) is 63.7 Å². The molecule has 0 atom stereocenters. The number of carbonyl (C=O) groups excluding carboxylic acids is 1. The van der Waals surface area contributed by atoms with Crippen LogP contribution in [-0.2, 0) is 17.8 Å². The third kappa shape index (κ3) is 5.82. The van der Waals surface area contributed by atoms with Gasteiger partial charge in [-0.1, -0.05) is 59.3 Å². The molecule has 168 valence electrons. The average Bonchev–Trinajstić information content (AvgIpc) is 3.25. The van der Waals surface area contributed by atoms with Crippen LogP contribution in [0.5, 0.6) is 0 Å². The molecule has 1 aliphatic heterocycles. The maximum absolute atomic E-state index is 12.6. The fourth-order valence-corrected chi connectivity index (χ4v) is 4.31. The summed E-state index contributed by atoms with van der Waals surface area (Å²) in [6.07, 6.45) is 3.69. The zero-order valence-corrected chi connectivity index (χ0v) is 19.0. The monoisotopic (exact) mass is 432 g/mol. The van der Waals surface area contributed by atoms with Crippen LogP contribution in [0.4, 0.5) is 0 Å². The fourth-order valence-electron chi connectivity index (χ4n) is 4.31. The van der Waals surface area contributed by atoms with Crippen LogP contribution in [0, 0.1) is 19.8 Å². The number of likely N-dealkylation sites (tertiary alicyclic amines) is 1. The molecule has 4 rings (SSSR count). The second kappa shape index (κ2) is 10.6. The first kappa shape index (κ1) is 22.2. The molecule has 0 saturated carbocycles. The van der Waals surface area contributed by atoms with E-state index in [-0.39, 0.29) is 11.8 Å². The molecule has 1 aliphatic rings. The van der Waals surface area contributed by atoms with Gasteiger partial charge in [0.1, 0.15) is 0 Å². The molecule has 6 heteroatoms. The summed E-state index contributed by atoms with van der Waals surface area (Å²) in [6.45, 7) is 7.25. The van der Waals surface area contributed by atoms with E-state index < -0.39 is 0 Å². The summed E-state index contributed by atoms with van der Waals surface area (Å²) in [6, 6.07) is 16.6. The molecule has 2 aromatic carbocycles. The molecule has 32 heavy (non-hydrogen) atoms. The summed E-state index contributed by atoms with van der Waals surface area (Å²) in [5.41, 5.74) is 4.75. The van der Waals surface area contributed by atoms with Gasteiger partial charge in [0.25, 0.3) is 0 Å². The number of aryl methyl sites for hydroxylation is 3. The van der Waals surface area contributed by atoms with Gasteiger partial charge in [-0.2, -0.15) is 4.98 Å². The zero-order valence-electron chi connectivity index (χ0n) is 19.0. The Balaban J connectivity index is 1.18. The molecule has 3 aromatic rings. The van der Waals surface area contributed by atoms with E-state index in [1.165, 1.54) is 11.1 Å². The highest BCUT2D eigenvalue weighted by atomic mass is 16.5. The second-order valence-corrected chi connectivity index (χ2v) is 8.76. The number of rotatable bonds is 8. The zero-order chi connectivity index (χ0) is 22.3. The highest BCUT2D eigenvalue weighted by Gasteiger charge is 2.25. The number of carbonyl (C=O) groups is 1. The molecule has 0 aliphatic carbocycles. The van der Waals surface area contributed by atoms with Crippen LogP contribution in [0.1, 0.15) is 41.8 Å². The molecule has 0 unspecified atom stereocenters. The molecular formula is C26H32N4O2. The molecular weight excluding hydrogens is 400 g/mol. The van der Waals surface area contributed by atoms with Crippen LogP contribution in [0.25, 0.3) is 11.4 Å². The highest BCUT2D eigenvalue weighted by molar-refractivity contribution is 5.78. The summed E-state index contributed by atoms with van der Waals surface area (Å²) < 4.78 is 5.48. The minimum atomic E-state index is 0.0930. The fraction of sp³-hybridized carbons (Fsp3) is 0.423. The van der Waals surface area contributed by atoms with Gasteiger partial charge in [0.05, 0.1) is 6.54 Å². The molecule has 0 radical (unpaired) electrons. The minimum absolute atomic E-state index is 0.0930. The van der Waals surface area contributed by atoms with Gasteiger partial charge in [-0.25, -0.2) is 0 Å². The molecule has 1 N–H and O–H groups in total. The van der Waals surface area contributed by atoms with Crippen LogP contribution in [0.15, 0.2) is 53.1 Å². The number of hydrogen-bond acceptors (Lipinski definition) is 5. The largest absolute Gasteiger partial charge is 0.356 e. The standard InChI is InChI=1S/C26H32N4O2/c1-19-7-5-9-21(17-19)10-6-14-27-26(31)22-12-15-30(16-13-22)18-24-28-25(29-32-24)23-11-4-3-8-20(23)2/h3-5,7-9,11,17,22H,6,10,12-16,18H2,1-2H3,(H,27,31). The summed E-state index contributed by atoms with van der Waals surface area (Å²) in [5.74, 6) is 1.55. The van der Waals surface area contributed by atoms with Crippen molar-refractivity contribution in [2.24, 2.45) is 5.92 Å². The molecule has 1 amide bonds. The van der Waals surface area contributed by atoms with E-state index in [0.29, 0.717) is 18.3 Å². The summed E-state index contributed by atoms with van der Waals surface area (Å²) in [5, 5.41) is 7.28. The molecule has 1 aromatic heterocycles. The molecule has 0 spiro atoms. The summed E-state index contributed by atoms with van der Waals surface area (Å²) >= 11 is 0. The normalized spacial score (nSPS) is 15.1. The lowest BCUT2D eigenvalue weighted by Gasteiger charge is -2.30. The van der Waals surface area contributed by atoms with Gasteiger partial charge in [-0.15, -0.1) is 0 Å². The van der Waals surface area contributed by atoms with E-state index in [1.54, 1.807) is 0 Å². The van der Waals surface area contributed by atoms with Crippen LogP contribution < -0.4 is 5.32 Å². The summed E-state index contributed by atoms with van der Waals surface area (Å²) in [7, 11) is 0. The van der Waals surface area contributed by atoms with Crippen LogP contribution in [0.3, 0.4) is 0 Å². The second-order valence-electron chi connectivity index (χ2n) is 8.76. The Kier molecular flexibility index (Phi) is 7.32. The van der Waals surface area contributed by atoms with Crippen molar-refractivity contribution in [3.63, 3.8) is 0 Å². The smallest absolute Gasteiger partial charge is 0.241 e. The maximum Gasteiger partial charge on any atom is 0.241 e. The van der Waals surface area contributed by atoms with Gasteiger partial charge >= 0.3 is 0 Å². The van der Waals surface area contributed by atoms with Crippen LogP contribution >= 0.6 is 0 Å². The number of nitrogens with zero attached hydrogens (tertiary/aromatic N) is 3. The Morgan fingerprint density at radius 1 is 1.12 bits per heavy atom. The molecule has 1 fully saturated rings. The van der Waals surface area contributed by atoms with E-state index in [9.17, 15) is 4.79 Å². The third-order valence-electron chi connectivity index (χ3n) is 6.20. The van der Waals surface area contributed by atoms with Crippen molar-refractivity contribution in [1.29, 1.82) is 0 Å². The van der Waals surface area contributed by atoms with Crippen LogP contribution in [-0.4, -0.2) is 40.6 Å². The topological polar surface area (TPSA) is 71.3 Å². The van der Waals surface area contributed by atoms with Crippen LogP contribution in [0.2, 0.25) is 0 Å². The van der Waals surface area contributed by atoms with Crippen molar-refractivity contribution in [2.75, 3.05) is 19.6 Å². The predicted molar refractivity (Wildman–Crippen MR) is 125 cm³/mol. The SMILES string of the molecule is Cc1cccc(CCCNC(=O)C2CCN(Cc3nc(-c4ccccc4C)no3)CC2)c1. The van der Waals surface area contributed by atoms with E-state index in [1.807, 2.05) is 31.2 Å². The number of nitrogens with one attached hydrogen (secondary N) is 1. The van der Waals surface area contributed by atoms with Gasteiger partial charge in [0.15, 0.2) is 0 Å². The lowest BCUT2D eigenvalue weighted by Crippen LogP contribution is -2.40. The molecule has 0 bridgehead atoms. The van der Waals surface area contributed by atoms with Crippen molar-refractivity contribution in [3.8, 4) is 11.4 Å². The van der Waals surface area contributed by atoms with Crippen molar-refractivity contribution < 1.29 is 9.32 Å². The maximum atomic E-state index is 12.6. The number of hydrogen-bond donors (Lipinski definition) is 1. The quantitative estimate of drug-likeness (QED) is 0.537. The third-order valence-corrected chi connectivity index (χ3v) is 6.20. The first-order valence-electron chi connectivity index (χ1n) is 11.5. The van der Waals surface area contributed by atoms with Crippen molar-refractivity contribution in [3.05, 3.63) is 71.1 Å². The number of amides is 1. The first-order valence-corrected chi connectivity index (χ1v) is 11.5. The van der Waals surface area contributed by atoms with Gasteiger partial charge in [0.2, 0.25) is 17.6 Å². The van der Waals surface area contributed by atoms with Crippen molar-refractivity contribution in [1.82, 2.24) is 20.4 Å². The van der Waals surface area contributed by atoms with Crippen molar-refractivity contribution in [2.45, 2.75) is 46.1 Å². The van der Waals surface area contributed by atoms with Gasteiger partial charge in [-0.3, -0.25) is 9.69 Å². The van der Waals surface area contributed by atoms with E-state index >= 15 is 0 Å². The Labute approximate surface area is 190 Å². The first-order chi connectivity index (χ1) is 15.6. The Morgan fingerprint density at radius 2 is 1.94 bits per heavy atom.